The van der Waals surface area contributed by atoms with Crippen LogP contribution in [0.1, 0.15) is 52.5 Å². The summed E-state index contributed by atoms with van der Waals surface area (Å²) >= 11 is 0. The predicted molar refractivity (Wildman–Crippen MR) is 88.6 cm³/mol. The Labute approximate surface area is 129 Å². The lowest BCUT2D eigenvalue weighted by atomic mass is 9.94. The molecule has 1 aromatic carbocycles. The second-order valence-electron chi connectivity index (χ2n) is 6.42. The highest BCUT2D eigenvalue weighted by Gasteiger charge is 2.20. The Bertz CT molecular complexity index is 389. The van der Waals surface area contributed by atoms with Crippen molar-refractivity contribution < 1.29 is 9.84 Å². The van der Waals surface area contributed by atoms with Crippen LogP contribution in [0.15, 0.2) is 24.3 Å². The summed E-state index contributed by atoms with van der Waals surface area (Å²) in [6, 6.07) is 8.28. The first kappa shape index (κ1) is 18.0. The van der Waals surface area contributed by atoms with E-state index in [1.54, 1.807) is 0 Å². The first-order chi connectivity index (χ1) is 9.99. The Morgan fingerprint density at radius 3 is 2.43 bits per heavy atom. The van der Waals surface area contributed by atoms with Gasteiger partial charge < -0.3 is 15.2 Å². The van der Waals surface area contributed by atoms with Crippen LogP contribution in [0.25, 0.3) is 0 Å². The van der Waals surface area contributed by atoms with Gasteiger partial charge in [-0.05, 0) is 49.8 Å². The Hall–Kier alpha value is -1.06. The van der Waals surface area contributed by atoms with Crippen molar-refractivity contribution in [3.63, 3.8) is 0 Å². The maximum absolute atomic E-state index is 9.13. The molecule has 0 aliphatic heterocycles. The van der Waals surface area contributed by atoms with Crippen molar-refractivity contribution >= 4 is 0 Å². The number of ether oxygens (including phenoxy) is 1. The minimum Gasteiger partial charge on any atom is -0.494 e. The van der Waals surface area contributed by atoms with Crippen LogP contribution in [0, 0.1) is 5.92 Å². The summed E-state index contributed by atoms with van der Waals surface area (Å²) in [5.41, 5.74) is 1.24. The number of hydrogen-bond donors (Lipinski definition) is 2. The maximum Gasteiger partial charge on any atom is 0.119 e. The van der Waals surface area contributed by atoms with Crippen LogP contribution in [0.2, 0.25) is 0 Å². The van der Waals surface area contributed by atoms with Crippen molar-refractivity contribution in [1.29, 1.82) is 0 Å². The molecule has 0 bridgehead atoms. The molecular formula is C18H31NO2. The smallest absolute Gasteiger partial charge is 0.119 e. The molecule has 0 spiro atoms. The minimum absolute atomic E-state index is 0.00118. The summed E-state index contributed by atoms with van der Waals surface area (Å²) in [5, 5.41) is 12.7. The zero-order valence-corrected chi connectivity index (χ0v) is 14.0. The summed E-state index contributed by atoms with van der Waals surface area (Å²) in [6.45, 7) is 10.5. The zero-order chi connectivity index (χ0) is 15.7. The van der Waals surface area contributed by atoms with Crippen LogP contribution < -0.4 is 10.1 Å². The van der Waals surface area contributed by atoms with Crippen LogP contribution in [-0.4, -0.2) is 23.9 Å². The third kappa shape index (κ3) is 6.96. The first-order valence-corrected chi connectivity index (χ1v) is 8.06. The van der Waals surface area contributed by atoms with Gasteiger partial charge in [-0.2, -0.15) is 0 Å². The van der Waals surface area contributed by atoms with Crippen molar-refractivity contribution in [1.82, 2.24) is 5.32 Å². The molecule has 120 valence electrons. The molecule has 1 unspecified atom stereocenters. The third-order valence-corrected chi connectivity index (χ3v) is 4.05. The molecule has 0 aromatic heterocycles. The van der Waals surface area contributed by atoms with Gasteiger partial charge >= 0.3 is 0 Å². The number of rotatable bonds is 10. The number of aliphatic hydroxyl groups is 1. The highest BCUT2D eigenvalue weighted by molar-refractivity contribution is 5.27. The van der Waals surface area contributed by atoms with Gasteiger partial charge in [-0.1, -0.05) is 32.9 Å². The molecule has 0 aliphatic carbocycles. The molecule has 0 fully saturated rings. The molecular weight excluding hydrogens is 262 g/mol. The van der Waals surface area contributed by atoms with E-state index in [2.05, 4.69) is 45.1 Å². The monoisotopic (exact) mass is 293 g/mol. The average molecular weight is 293 g/mol. The Morgan fingerprint density at radius 2 is 1.90 bits per heavy atom. The van der Waals surface area contributed by atoms with E-state index in [1.165, 1.54) is 5.56 Å². The molecule has 0 heterocycles. The van der Waals surface area contributed by atoms with Crippen molar-refractivity contribution in [2.75, 3.05) is 13.2 Å². The number of nitrogens with one attached hydrogen (secondary N) is 1. The molecule has 0 amide bonds. The molecule has 3 nitrogen and oxygen atoms in total. The van der Waals surface area contributed by atoms with E-state index in [-0.39, 0.29) is 12.1 Å². The molecule has 21 heavy (non-hydrogen) atoms. The Morgan fingerprint density at radius 1 is 1.24 bits per heavy atom. The normalized spacial score (nSPS) is 14.2. The van der Waals surface area contributed by atoms with Gasteiger partial charge in [0.25, 0.3) is 0 Å². The summed E-state index contributed by atoms with van der Waals surface area (Å²) in [7, 11) is 0. The quantitative estimate of drug-likeness (QED) is 0.690. The maximum atomic E-state index is 9.13. The Balaban J connectivity index is 2.43. The molecule has 1 atom stereocenters. The van der Waals surface area contributed by atoms with E-state index >= 15 is 0 Å². The molecule has 1 aromatic rings. The fourth-order valence-corrected chi connectivity index (χ4v) is 2.07. The van der Waals surface area contributed by atoms with Crippen molar-refractivity contribution in [2.45, 2.75) is 59.0 Å². The SMILES string of the molecule is CCC(C)(CCO)NCc1ccc(OCCC(C)C)cc1. The Kier molecular flexibility index (Phi) is 7.76. The van der Waals surface area contributed by atoms with E-state index < -0.39 is 0 Å². The molecule has 0 saturated carbocycles. The highest BCUT2D eigenvalue weighted by Crippen LogP contribution is 2.17. The molecule has 0 aliphatic rings. The van der Waals surface area contributed by atoms with Crippen LogP contribution in [0.5, 0.6) is 5.75 Å². The molecule has 3 heteroatoms. The second-order valence-corrected chi connectivity index (χ2v) is 6.42. The van der Waals surface area contributed by atoms with Gasteiger partial charge in [0, 0.05) is 18.7 Å². The van der Waals surface area contributed by atoms with Crippen molar-refractivity contribution in [3.8, 4) is 5.75 Å². The standard InChI is InChI=1S/C18H31NO2/c1-5-18(4,11-12-20)19-14-16-6-8-17(9-7-16)21-13-10-15(2)3/h6-9,15,19-20H,5,10-14H2,1-4H3. The van der Waals surface area contributed by atoms with Gasteiger partial charge in [0.2, 0.25) is 0 Å². The lowest BCUT2D eigenvalue weighted by Gasteiger charge is -2.29. The lowest BCUT2D eigenvalue weighted by Crippen LogP contribution is -2.42. The molecule has 0 radical (unpaired) electrons. The molecule has 2 N–H and O–H groups in total. The fourth-order valence-electron chi connectivity index (χ4n) is 2.07. The van der Waals surface area contributed by atoms with Gasteiger partial charge in [0.1, 0.15) is 5.75 Å². The van der Waals surface area contributed by atoms with Crippen molar-refractivity contribution in [2.24, 2.45) is 5.92 Å². The van der Waals surface area contributed by atoms with Gasteiger partial charge in [-0.3, -0.25) is 0 Å². The van der Waals surface area contributed by atoms with Crippen LogP contribution >= 0.6 is 0 Å². The third-order valence-electron chi connectivity index (χ3n) is 4.05. The molecule has 0 saturated heterocycles. The van der Waals surface area contributed by atoms with E-state index in [1.807, 2.05) is 12.1 Å². The predicted octanol–water partition coefficient (Wildman–Crippen LogP) is 3.75. The summed E-state index contributed by atoms with van der Waals surface area (Å²) in [5.74, 6) is 1.61. The fraction of sp³-hybridized carbons (Fsp3) is 0.667. The summed E-state index contributed by atoms with van der Waals surface area (Å²) in [4.78, 5) is 0. The van der Waals surface area contributed by atoms with Gasteiger partial charge in [0.15, 0.2) is 0 Å². The van der Waals surface area contributed by atoms with Gasteiger partial charge in [-0.25, -0.2) is 0 Å². The summed E-state index contributed by atoms with van der Waals surface area (Å²) < 4.78 is 5.72. The van der Waals surface area contributed by atoms with Crippen LogP contribution in [0.3, 0.4) is 0 Å². The number of aliphatic hydroxyl groups excluding tert-OH is 1. The summed E-state index contributed by atoms with van der Waals surface area (Å²) in [6.07, 6.45) is 2.86. The average Bonchev–Trinajstić information content (AvgIpc) is 2.46. The van der Waals surface area contributed by atoms with Crippen LogP contribution in [0.4, 0.5) is 0 Å². The second kappa shape index (κ2) is 9.06. The largest absolute Gasteiger partial charge is 0.494 e. The van der Waals surface area contributed by atoms with E-state index in [0.717, 1.165) is 38.2 Å². The van der Waals surface area contributed by atoms with Crippen molar-refractivity contribution in [3.05, 3.63) is 29.8 Å². The van der Waals surface area contributed by atoms with E-state index in [4.69, 9.17) is 9.84 Å². The number of benzene rings is 1. The number of hydrogen-bond acceptors (Lipinski definition) is 3. The molecule has 1 rings (SSSR count). The highest BCUT2D eigenvalue weighted by atomic mass is 16.5. The van der Waals surface area contributed by atoms with E-state index in [9.17, 15) is 0 Å². The van der Waals surface area contributed by atoms with Crippen LogP contribution in [-0.2, 0) is 6.54 Å². The minimum atomic E-state index is 0.00118. The van der Waals surface area contributed by atoms with Gasteiger partial charge in [-0.15, -0.1) is 0 Å². The van der Waals surface area contributed by atoms with Gasteiger partial charge in [0.05, 0.1) is 6.61 Å². The first-order valence-electron chi connectivity index (χ1n) is 8.06. The lowest BCUT2D eigenvalue weighted by molar-refractivity contribution is 0.214. The topological polar surface area (TPSA) is 41.5 Å². The van der Waals surface area contributed by atoms with E-state index in [0.29, 0.717) is 5.92 Å². The zero-order valence-electron chi connectivity index (χ0n) is 14.0.